The molecule has 0 aromatic carbocycles. The topological polar surface area (TPSA) is 81.4 Å². The van der Waals surface area contributed by atoms with E-state index in [0.717, 1.165) is 0 Å². The molecule has 0 fully saturated rings. The highest BCUT2D eigenvalue weighted by atomic mass is 32.2. The lowest BCUT2D eigenvalue weighted by Gasteiger charge is -2.11. The van der Waals surface area contributed by atoms with Crippen molar-refractivity contribution < 1.29 is 13.2 Å². The lowest BCUT2D eigenvalue weighted by atomic mass is 10.2. The van der Waals surface area contributed by atoms with Crippen LogP contribution < -0.4 is 10.5 Å². The Morgan fingerprint density at radius 2 is 1.93 bits per heavy atom. The van der Waals surface area contributed by atoms with E-state index in [0.29, 0.717) is 13.1 Å². The first-order valence-corrected chi connectivity index (χ1v) is 6.81. The van der Waals surface area contributed by atoms with Crippen LogP contribution in [0.25, 0.3) is 0 Å². The average Bonchev–Trinajstić information content (AvgIpc) is 2.13. The maximum Gasteiger partial charge on any atom is 0.213 e. The third-order valence-corrected chi connectivity index (χ3v) is 3.17. The molecule has 92 valence electrons. The predicted octanol–water partition coefficient (Wildman–Crippen LogP) is -0.0744. The quantitative estimate of drug-likeness (QED) is 0.620. The van der Waals surface area contributed by atoms with Crippen molar-refractivity contribution in [2.45, 2.75) is 26.9 Å². The van der Waals surface area contributed by atoms with Gasteiger partial charge in [0.15, 0.2) is 0 Å². The molecule has 0 aromatic rings. The standard InChI is InChI=1S/C9H22N2O3S/c1-8(2)14-4-5-15(12,13)11-7-9(3)6-10/h8-9,11H,4-7,10H2,1-3H3. The van der Waals surface area contributed by atoms with E-state index in [2.05, 4.69) is 4.72 Å². The highest BCUT2D eigenvalue weighted by Gasteiger charge is 2.11. The molecular weight excluding hydrogens is 216 g/mol. The van der Waals surface area contributed by atoms with Gasteiger partial charge in [-0.25, -0.2) is 13.1 Å². The molecular formula is C9H22N2O3S. The summed E-state index contributed by atoms with van der Waals surface area (Å²) in [6.07, 6.45) is 0.0585. The Hall–Kier alpha value is -0.170. The van der Waals surface area contributed by atoms with Crippen LogP contribution in [0.15, 0.2) is 0 Å². The first-order chi connectivity index (χ1) is 6.87. The minimum atomic E-state index is -3.21. The monoisotopic (exact) mass is 238 g/mol. The first kappa shape index (κ1) is 14.8. The highest BCUT2D eigenvalue weighted by molar-refractivity contribution is 7.89. The van der Waals surface area contributed by atoms with Gasteiger partial charge >= 0.3 is 0 Å². The number of rotatable bonds is 8. The van der Waals surface area contributed by atoms with E-state index in [-0.39, 0.29) is 24.4 Å². The van der Waals surface area contributed by atoms with Gasteiger partial charge < -0.3 is 10.5 Å². The summed E-state index contributed by atoms with van der Waals surface area (Å²) >= 11 is 0. The zero-order valence-electron chi connectivity index (χ0n) is 9.69. The number of hydrogen-bond donors (Lipinski definition) is 2. The fourth-order valence-electron chi connectivity index (χ4n) is 0.818. The molecule has 0 radical (unpaired) electrons. The van der Waals surface area contributed by atoms with Crippen molar-refractivity contribution in [1.29, 1.82) is 0 Å². The van der Waals surface area contributed by atoms with E-state index in [1.54, 1.807) is 0 Å². The van der Waals surface area contributed by atoms with Crippen molar-refractivity contribution in [2.75, 3.05) is 25.4 Å². The summed E-state index contributed by atoms with van der Waals surface area (Å²) in [5.41, 5.74) is 5.38. The molecule has 5 nitrogen and oxygen atoms in total. The van der Waals surface area contributed by atoms with Crippen LogP contribution >= 0.6 is 0 Å². The van der Waals surface area contributed by atoms with Crippen LogP contribution in [0.5, 0.6) is 0 Å². The summed E-state index contributed by atoms with van der Waals surface area (Å²) in [6.45, 7) is 6.73. The van der Waals surface area contributed by atoms with Crippen molar-refractivity contribution in [2.24, 2.45) is 11.7 Å². The molecule has 1 unspecified atom stereocenters. The van der Waals surface area contributed by atoms with Gasteiger partial charge in [0.2, 0.25) is 10.0 Å². The smallest absolute Gasteiger partial charge is 0.213 e. The molecule has 1 atom stereocenters. The lowest BCUT2D eigenvalue weighted by Crippen LogP contribution is -2.34. The third kappa shape index (κ3) is 8.80. The van der Waals surface area contributed by atoms with E-state index >= 15 is 0 Å². The Kier molecular flexibility index (Phi) is 7.08. The lowest BCUT2D eigenvalue weighted by molar-refractivity contribution is 0.0911. The van der Waals surface area contributed by atoms with Crippen molar-refractivity contribution in [3.05, 3.63) is 0 Å². The van der Waals surface area contributed by atoms with Crippen LogP contribution in [-0.4, -0.2) is 40.0 Å². The van der Waals surface area contributed by atoms with E-state index in [1.807, 2.05) is 20.8 Å². The van der Waals surface area contributed by atoms with Crippen LogP contribution in [0.2, 0.25) is 0 Å². The Bertz CT molecular complexity index is 252. The van der Waals surface area contributed by atoms with Gasteiger partial charge in [-0.05, 0) is 26.3 Å². The Balaban J connectivity index is 3.78. The second-order valence-electron chi connectivity index (χ2n) is 3.93. The van der Waals surface area contributed by atoms with Gasteiger partial charge in [-0.3, -0.25) is 0 Å². The largest absolute Gasteiger partial charge is 0.378 e. The van der Waals surface area contributed by atoms with Crippen LogP contribution in [0.4, 0.5) is 0 Å². The van der Waals surface area contributed by atoms with E-state index in [1.165, 1.54) is 0 Å². The molecule has 0 saturated heterocycles. The van der Waals surface area contributed by atoms with Crippen LogP contribution in [0, 0.1) is 5.92 Å². The number of hydrogen-bond acceptors (Lipinski definition) is 4. The van der Waals surface area contributed by atoms with Gasteiger partial charge in [-0.15, -0.1) is 0 Å². The molecule has 0 spiro atoms. The fourth-order valence-corrected chi connectivity index (χ4v) is 1.82. The van der Waals surface area contributed by atoms with E-state index in [4.69, 9.17) is 10.5 Å². The van der Waals surface area contributed by atoms with Crippen molar-refractivity contribution >= 4 is 10.0 Å². The van der Waals surface area contributed by atoms with Gasteiger partial charge in [-0.1, -0.05) is 6.92 Å². The van der Waals surface area contributed by atoms with Gasteiger partial charge in [0.25, 0.3) is 0 Å². The maximum absolute atomic E-state index is 11.4. The average molecular weight is 238 g/mol. The predicted molar refractivity (Wildman–Crippen MR) is 61.1 cm³/mol. The number of nitrogens with one attached hydrogen (secondary N) is 1. The van der Waals surface area contributed by atoms with Gasteiger partial charge in [0.05, 0.1) is 18.5 Å². The minimum Gasteiger partial charge on any atom is -0.378 e. The zero-order valence-corrected chi connectivity index (χ0v) is 10.5. The van der Waals surface area contributed by atoms with E-state index < -0.39 is 10.0 Å². The van der Waals surface area contributed by atoms with Gasteiger partial charge in [-0.2, -0.15) is 0 Å². The Morgan fingerprint density at radius 3 is 2.40 bits per heavy atom. The summed E-state index contributed by atoms with van der Waals surface area (Å²) in [6, 6.07) is 0. The molecule has 0 heterocycles. The molecule has 0 amide bonds. The molecule has 0 bridgehead atoms. The van der Waals surface area contributed by atoms with Crippen LogP contribution in [0.1, 0.15) is 20.8 Å². The van der Waals surface area contributed by atoms with Crippen molar-refractivity contribution in [3.63, 3.8) is 0 Å². The van der Waals surface area contributed by atoms with Gasteiger partial charge in [0.1, 0.15) is 0 Å². The second kappa shape index (κ2) is 7.16. The number of nitrogens with two attached hydrogens (primary N) is 1. The SMILES string of the molecule is CC(CN)CNS(=O)(=O)CCOC(C)C. The third-order valence-electron chi connectivity index (χ3n) is 1.86. The molecule has 0 aliphatic heterocycles. The molecule has 6 heteroatoms. The van der Waals surface area contributed by atoms with Crippen LogP contribution in [0.3, 0.4) is 0 Å². The Labute approximate surface area is 92.4 Å². The molecule has 0 rings (SSSR count). The molecule has 15 heavy (non-hydrogen) atoms. The number of sulfonamides is 1. The van der Waals surface area contributed by atoms with Crippen LogP contribution in [-0.2, 0) is 14.8 Å². The zero-order chi connectivity index (χ0) is 11.9. The molecule has 3 N–H and O–H groups in total. The molecule has 0 aliphatic rings. The number of ether oxygens (including phenoxy) is 1. The van der Waals surface area contributed by atoms with Crippen molar-refractivity contribution in [3.8, 4) is 0 Å². The minimum absolute atomic E-state index is 0.00245. The van der Waals surface area contributed by atoms with E-state index in [9.17, 15) is 8.42 Å². The van der Waals surface area contributed by atoms with Gasteiger partial charge in [0, 0.05) is 6.54 Å². The molecule has 0 aliphatic carbocycles. The highest BCUT2D eigenvalue weighted by Crippen LogP contribution is 1.93. The molecule has 0 aromatic heterocycles. The summed E-state index contributed by atoms with van der Waals surface area (Å²) in [5, 5.41) is 0. The Morgan fingerprint density at radius 1 is 1.33 bits per heavy atom. The summed E-state index contributed by atoms with van der Waals surface area (Å²) in [4.78, 5) is 0. The normalized spacial score (nSPS) is 14.5. The fraction of sp³-hybridized carbons (Fsp3) is 1.00. The maximum atomic E-state index is 11.4. The summed E-state index contributed by atoms with van der Waals surface area (Å²) < 4.78 is 30.5. The first-order valence-electron chi connectivity index (χ1n) is 5.16. The molecule has 0 saturated carbocycles. The second-order valence-corrected chi connectivity index (χ2v) is 5.85. The summed E-state index contributed by atoms with van der Waals surface area (Å²) in [7, 11) is -3.21. The van der Waals surface area contributed by atoms with Crippen molar-refractivity contribution in [1.82, 2.24) is 4.72 Å². The summed E-state index contributed by atoms with van der Waals surface area (Å²) in [5.74, 6) is 0.161.